The van der Waals surface area contributed by atoms with E-state index < -0.39 is 17.9 Å². The predicted octanol–water partition coefficient (Wildman–Crippen LogP) is 2.21. The number of rotatable bonds is 4. The maximum absolute atomic E-state index is 12.9. The highest BCUT2D eigenvalue weighted by atomic mass is 19.3. The van der Waals surface area contributed by atoms with Crippen LogP contribution < -0.4 is 0 Å². The number of hydrogen-bond donors (Lipinski definition) is 1. The number of halogens is 2. The lowest BCUT2D eigenvalue weighted by Crippen LogP contribution is -2.38. The summed E-state index contributed by atoms with van der Waals surface area (Å²) in [5.41, 5.74) is 0. The van der Waals surface area contributed by atoms with Crippen molar-refractivity contribution in [1.82, 2.24) is 0 Å². The van der Waals surface area contributed by atoms with Gasteiger partial charge in [0.25, 0.3) is 5.92 Å². The highest BCUT2D eigenvalue weighted by Crippen LogP contribution is 2.30. The van der Waals surface area contributed by atoms with Crippen LogP contribution in [0.5, 0.6) is 0 Å². The van der Waals surface area contributed by atoms with Crippen molar-refractivity contribution in [2.24, 2.45) is 5.92 Å². The normalized spacial score (nSPS) is 17.5. The van der Waals surface area contributed by atoms with E-state index in [1.807, 2.05) is 0 Å². The van der Waals surface area contributed by atoms with Gasteiger partial charge in [0.15, 0.2) is 0 Å². The molecule has 0 heterocycles. The van der Waals surface area contributed by atoms with Crippen molar-refractivity contribution >= 4 is 0 Å². The number of allylic oxidation sites excluding steroid dienone is 1. The van der Waals surface area contributed by atoms with Crippen LogP contribution in [0.1, 0.15) is 20.3 Å². The third-order valence-corrected chi connectivity index (χ3v) is 1.79. The molecule has 1 N–H and O–H groups in total. The van der Waals surface area contributed by atoms with Crippen LogP contribution in [-0.2, 0) is 0 Å². The van der Waals surface area contributed by atoms with Crippen LogP contribution in [0.25, 0.3) is 0 Å². The van der Waals surface area contributed by atoms with Gasteiger partial charge in [-0.1, -0.05) is 19.9 Å². The molecule has 0 aliphatic carbocycles. The molecule has 0 fully saturated rings. The SMILES string of the molecule is C=CC(C)C(F)(F)C(O)CC. The average Bonchev–Trinajstić information content (AvgIpc) is 2.01. The Labute approximate surface area is 65.7 Å². The zero-order chi connectivity index (χ0) is 9.07. The van der Waals surface area contributed by atoms with Crippen molar-refractivity contribution < 1.29 is 13.9 Å². The Bertz CT molecular complexity index is 134. The molecule has 0 aromatic carbocycles. The second-order valence-electron chi connectivity index (χ2n) is 2.62. The molecule has 0 aliphatic rings. The van der Waals surface area contributed by atoms with Gasteiger partial charge in [0.1, 0.15) is 6.10 Å². The minimum absolute atomic E-state index is 0.0607. The zero-order valence-corrected chi connectivity index (χ0v) is 6.85. The summed E-state index contributed by atoms with van der Waals surface area (Å²) >= 11 is 0. The van der Waals surface area contributed by atoms with Crippen LogP contribution in [0.2, 0.25) is 0 Å². The van der Waals surface area contributed by atoms with E-state index in [9.17, 15) is 8.78 Å². The fourth-order valence-corrected chi connectivity index (χ4v) is 0.733. The molecule has 3 heteroatoms. The molecular formula is C8H14F2O. The quantitative estimate of drug-likeness (QED) is 0.631. The summed E-state index contributed by atoms with van der Waals surface area (Å²) in [5.74, 6) is -4.02. The molecule has 0 aromatic heterocycles. The fourth-order valence-electron chi connectivity index (χ4n) is 0.733. The lowest BCUT2D eigenvalue weighted by Gasteiger charge is -2.25. The van der Waals surface area contributed by atoms with E-state index in [4.69, 9.17) is 5.11 Å². The number of alkyl halides is 2. The molecule has 66 valence electrons. The van der Waals surface area contributed by atoms with Gasteiger partial charge in [-0.15, -0.1) is 6.58 Å². The first-order valence-corrected chi connectivity index (χ1v) is 3.65. The topological polar surface area (TPSA) is 20.2 Å². The second kappa shape index (κ2) is 3.81. The summed E-state index contributed by atoms with van der Waals surface area (Å²) in [7, 11) is 0. The Kier molecular flexibility index (Phi) is 3.66. The first-order chi connectivity index (χ1) is 4.96. The minimum atomic E-state index is -3.05. The highest BCUT2D eigenvalue weighted by Gasteiger charge is 2.41. The number of hydrogen-bond acceptors (Lipinski definition) is 1. The summed E-state index contributed by atoms with van der Waals surface area (Å²) < 4.78 is 25.8. The molecule has 0 saturated carbocycles. The van der Waals surface area contributed by atoms with Gasteiger partial charge in [-0.25, -0.2) is 8.78 Å². The molecule has 0 amide bonds. The third kappa shape index (κ3) is 2.26. The van der Waals surface area contributed by atoms with E-state index in [2.05, 4.69) is 6.58 Å². The molecule has 0 radical (unpaired) electrons. The van der Waals surface area contributed by atoms with Gasteiger partial charge < -0.3 is 5.11 Å². The summed E-state index contributed by atoms with van der Waals surface area (Å²) in [6, 6.07) is 0. The molecule has 0 bridgehead atoms. The third-order valence-electron chi connectivity index (χ3n) is 1.79. The zero-order valence-electron chi connectivity index (χ0n) is 6.85. The van der Waals surface area contributed by atoms with Gasteiger partial charge in [0.2, 0.25) is 0 Å². The van der Waals surface area contributed by atoms with Crippen molar-refractivity contribution in [3.8, 4) is 0 Å². The Morgan fingerprint density at radius 1 is 1.64 bits per heavy atom. The van der Waals surface area contributed by atoms with E-state index in [0.29, 0.717) is 0 Å². The second-order valence-corrected chi connectivity index (χ2v) is 2.62. The fraction of sp³-hybridized carbons (Fsp3) is 0.750. The van der Waals surface area contributed by atoms with Crippen molar-refractivity contribution in [1.29, 1.82) is 0 Å². The van der Waals surface area contributed by atoms with E-state index in [0.717, 1.165) is 6.08 Å². The van der Waals surface area contributed by atoms with Gasteiger partial charge in [-0.3, -0.25) is 0 Å². The molecule has 0 aliphatic heterocycles. The Morgan fingerprint density at radius 2 is 2.09 bits per heavy atom. The molecule has 1 nitrogen and oxygen atoms in total. The molecule has 0 aromatic rings. The summed E-state index contributed by atoms with van der Waals surface area (Å²) in [6.45, 7) is 6.11. The largest absolute Gasteiger partial charge is 0.387 e. The lowest BCUT2D eigenvalue weighted by atomic mass is 9.97. The first kappa shape index (κ1) is 10.6. The summed E-state index contributed by atoms with van der Waals surface area (Å²) in [4.78, 5) is 0. The Balaban J connectivity index is 4.29. The van der Waals surface area contributed by atoms with Crippen LogP contribution in [-0.4, -0.2) is 17.1 Å². The Hall–Kier alpha value is -0.440. The van der Waals surface area contributed by atoms with Crippen LogP contribution >= 0.6 is 0 Å². The molecule has 11 heavy (non-hydrogen) atoms. The predicted molar refractivity (Wildman–Crippen MR) is 40.6 cm³/mol. The van der Waals surface area contributed by atoms with Crippen LogP contribution in [0, 0.1) is 5.92 Å². The van der Waals surface area contributed by atoms with Crippen LogP contribution in [0.3, 0.4) is 0 Å². The molecule has 2 unspecified atom stereocenters. The summed E-state index contributed by atoms with van der Waals surface area (Å²) in [6.07, 6.45) is -0.347. The van der Waals surface area contributed by atoms with Crippen LogP contribution in [0.15, 0.2) is 12.7 Å². The number of aliphatic hydroxyl groups excluding tert-OH is 1. The van der Waals surface area contributed by atoms with E-state index in [-0.39, 0.29) is 6.42 Å². The highest BCUT2D eigenvalue weighted by molar-refractivity contribution is 4.90. The van der Waals surface area contributed by atoms with E-state index in [1.165, 1.54) is 13.8 Å². The molecule has 0 saturated heterocycles. The molecular weight excluding hydrogens is 150 g/mol. The molecule has 0 spiro atoms. The van der Waals surface area contributed by atoms with Crippen molar-refractivity contribution in [2.75, 3.05) is 0 Å². The Morgan fingerprint density at radius 3 is 2.36 bits per heavy atom. The maximum atomic E-state index is 12.9. The summed E-state index contributed by atoms with van der Waals surface area (Å²) in [5, 5.41) is 8.89. The minimum Gasteiger partial charge on any atom is -0.387 e. The number of aliphatic hydroxyl groups is 1. The molecule has 0 rings (SSSR count). The van der Waals surface area contributed by atoms with Crippen molar-refractivity contribution in [3.05, 3.63) is 12.7 Å². The standard InChI is InChI=1S/C8H14F2O/c1-4-6(3)8(9,10)7(11)5-2/h4,6-7,11H,1,5H2,2-3H3. The average molecular weight is 164 g/mol. The lowest BCUT2D eigenvalue weighted by molar-refractivity contribution is -0.132. The van der Waals surface area contributed by atoms with Gasteiger partial charge in [0.05, 0.1) is 0 Å². The first-order valence-electron chi connectivity index (χ1n) is 3.65. The van der Waals surface area contributed by atoms with E-state index in [1.54, 1.807) is 0 Å². The smallest absolute Gasteiger partial charge is 0.279 e. The molecule has 2 atom stereocenters. The maximum Gasteiger partial charge on any atom is 0.279 e. The van der Waals surface area contributed by atoms with Crippen molar-refractivity contribution in [3.63, 3.8) is 0 Å². The van der Waals surface area contributed by atoms with E-state index >= 15 is 0 Å². The van der Waals surface area contributed by atoms with Gasteiger partial charge in [0, 0.05) is 5.92 Å². The van der Waals surface area contributed by atoms with Gasteiger partial charge in [-0.2, -0.15) is 0 Å². The monoisotopic (exact) mass is 164 g/mol. The van der Waals surface area contributed by atoms with Crippen molar-refractivity contribution in [2.45, 2.75) is 32.3 Å². The van der Waals surface area contributed by atoms with Crippen LogP contribution in [0.4, 0.5) is 8.78 Å². The van der Waals surface area contributed by atoms with Gasteiger partial charge >= 0.3 is 0 Å². The van der Waals surface area contributed by atoms with Gasteiger partial charge in [-0.05, 0) is 6.42 Å².